The molecule has 0 saturated heterocycles. The van der Waals surface area contributed by atoms with Gasteiger partial charge in [-0.15, -0.1) is 5.10 Å². The van der Waals surface area contributed by atoms with Crippen molar-refractivity contribution in [2.75, 3.05) is 5.73 Å². The third-order valence-electron chi connectivity index (χ3n) is 5.37. The van der Waals surface area contributed by atoms with E-state index < -0.39 is 35.1 Å². The third kappa shape index (κ3) is 4.94. The minimum Gasteiger partial charge on any atom is -0.399 e. The normalized spacial score (nSPS) is 12.4. The van der Waals surface area contributed by atoms with Crippen LogP contribution in [-0.2, 0) is 13.2 Å². The minimum absolute atomic E-state index is 0.108. The first-order valence-corrected chi connectivity index (χ1v) is 10.5. The number of nitrogens with zero attached hydrogens (tertiary/aromatic N) is 5. The van der Waals surface area contributed by atoms with Gasteiger partial charge in [-0.3, -0.25) is 9.59 Å². The number of nitrogen functional groups attached to an aromatic ring is 1. The fourth-order valence-corrected chi connectivity index (χ4v) is 3.54. The smallest absolute Gasteiger partial charge is 0.399 e. The van der Waals surface area contributed by atoms with E-state index in [4.69, 9.17) is 5.73 Å². The first-order chi connectivity index (χ1) is 16.9. The van der Waals surface area contributed by atoms with Crippen LogP contribution in [0.5, 0.6) is 0 Å². The van der Waals surface area contributed by atoms with Crippen LogP contribution in [0.25, 0.3) is 16.9 Å². The molecule has 4 aromatic rings. The van der Waals surface area contributed by atoms with E-state index in [1.165, 1.54) is 42.1 Å². The Morgan fingerprint density at radius 2 is 1.86 bits per heavy atom. The second kappa shape index (κ2) is 9.24. The highest BCUT2D eigenvalue weighted by molar-refractivity contribution is 5.92. The Labute approximate surface area is 201 Å². The van der Waals surface area contributed by atoms with Gasteiger partial charge in [0.15, 0.2) is 0 Å². The maximum absolute atomic E-state index is 14.5. The number of benzene rings is 2. The lowest BCUT2D eigenvalue weighted by atomic mass is 10.0. The van der Waals surface area contributed by atoms with Gasteiger partial charge < -0.3 is 11.1 Å². The number of alkyl halides is 3. The SMILES string of the molecule is C[C@@H](NC(=O)c1ccc(=O)n(-c2ccc(F)c(-c3cnnn3C)c2)n1)c1cc(N)cc(C(F)(F)F)c1. The van der Waals surface area contributed by atoms with E-state index in [0.717, 1.165) is 28.9 Å². The zero-order valence-electron chi connectivity index (χ0n) is 18.9. The zero-order valence-corrected chi connectivity index (χ0v) is 18.9. The number of aromatic nitrogens is 5. The molecule has 2 aromatic heterocycles. The lowest BCUT2D eigenvalue weighted by Crippen LogP contribution is -2.31. The Kier molecular flexibility index (Phi) is 6.31. The molecule has 2 aromatic carbocycles. The molecule has 9 nitrogen and oxygen atoms in total. The van der Waals surface area contributed by atoms with E-state index in [2.05, 4.69) is 20.7 Å². The molecule has 0 aliphatic rings. The lowest BCUT2D eigenvalue weighted by Gasteiger charge is -2.17. The fraction of sp³-hybridized carbons (Fsp3) is 0.174. The van der Waals surface area contributed by atoms with Gasteiger partial charge in [-0.25, -0.2) is 9.07 Å². The van der Waals surface area contributed by atoms with Gasteiger partial charge in [0.05, 0.1) is 29.2 Å². The summed E-state index contributed by atoms with van der Waals surface area (Å²) in [6.45, 7) is 1.48. The van der Waals surface area contributed by atoms with Crippen molar-refractivity contribution < 1.29 is 22.4 Å². The zero-order chi connectivity index (χ0) is 26.2. The van der Waals surface area contributed by atoms with Crippen LogP contribution in [0.1, 0.15) is 34.6 Å². The predicted octanol–water partition coefficient (Wildman–Crippen LogP) is 3.26. The summed E-state index contributed by atoms with van der Waals surface area (Å²) in [5.74, 6) is -1.33. The van der Waals surface area contributed by atoms with E-state index in [0.29, 0.717) is 5.69 Å². The summed E-state index contributed by atoms with van der Waals surface area (Å²) in [6.07, 6.45) is -3.26. The van der Waals surface area contributed by atoms with Crippen molar-refractivity contribution in [3.63, 3.8) is 0 Å². The van der Waals surface area contributed by atoms with Crippen molar-refractivity contribution in [3.8, 4) is 16.9 Å². The maximum Gasteiger partial charge on any atom is 0.416 e. The van der Waals surface area contributed by atoms with Crippen molar-refractivity contribution in [1.82, 2.24) is 30.1 Å². The molecule has 3 N–H and O–H groups in total. The van der Waals surface area contributed by atoms with E-state index >= 15 is 0 Å². The summed E-state index contributed by atoms with van der Waals surface area (Å²) in [4.78, 5) is 25.3. The molecule has 4 rings (SSSR count). The van der Waals surface area contributed by atoms with Crippen LogP contribution in [0.3, 0.4) is 0 Å². The second-order valence-electron chi connectivity index (χ2n) is 7.96. The average molecular weight is 501 g/mol. The average Bonchev–Trinajstić information content (AvgIpc) is 3.24. The van der Waals surface area contributed by atoms with Crippen molar-refractivity contribution >= 4 is 11.6 Å². The molecular weight excluding hydrogens is 482 g/mol. The molecule has 0 fully saturated rings. The van der Waals surface area contributed by atoms with Gasteiger partial charge in [-0.05, 0) is 55.0 Å². The summed E-state index contributed by atoms with van der Waals surface area (Å²) < 4.78 is 56.1. The molecule has 0 bridgehead atoms. The van der Waals surface area contributed by atoms with Crippen molar-refractivity contribution in [3.05, 3.63) is 87.7 Å². The van der Waals surface area contributed by atoms with Gasteiger partial charge in [-0.2, -0.15) is 23.0 Å². The number of halogens is 4. The van der Waals surface area contributed by atoms with E-state index in [-0.39, 0.29) is 28.2 Å². The van der Waals surface area contributed by atoms with Crippen LogP contribution in [-0.4, -0.2) is 30.7 Å². The van der Waals surface area contributed by atoms with E-state index in [1.54, 1.807) is 7.05 Å². The molecular formula is C23H19F4N7O2. The Bertz CT molecular complexity index is 1510. The van der Waals surface area contributed by atoms with Crippen LogP contribution >= 0.6 is 0 Å². The van der Waals surface area contributed by atoms with Crippen LogP contribution < -0.4 is 16.6 Å². The van der Waals surface area contributed by atoms with E-state index in [9.17, 15) is 27.2 Å². The summed E-state index contributed by atoms with van der Waals surface area (Å²) in [5.41, 5.74) is 4.55. The number of hydrogen-bond acceptors (Lipinski definition) is 6. The number of amides is 1. The highest BCUT2D eigenvalue weighted by atomic mass is 19.4. The van der Waals surface area contributed by atoms with Crippen molar-refractivity contribution in [2.24, 2.45) is 7.05 Å². The summed E-state index contributed by atoms with van der Waals surface area (Å²) in [5, 5.41) is 14.1. The molecule has 1 amide bonds. The minimum atomic E-state index is -4.61. The monoisotopic (exact) mass is 501 g/mol. The highest BCUT2D eigenvalue weighted by Gasteiger charge is 2.31. The third-order valence-corrected chi connectivity index (χ3v) is 5.37. The first-order valence-electron chi connectivity index (χ1n) is 10.5. The number of nitrogens with two attached hydrogens (primary N) is 1. The molecule has 0 radical (unpaired) electrons. The molecule has 0 aliphatic heterocycles. The van der Waals surface area contributed by atoms with Crippen LogP contribution in [0.15, 0.2) is 59.5 Å². The van der Waals surface area contributed by atoms with Crippen molar-refractivity contribution in [2.45, 2.75) is 19.1 Å². The van der Waals surface area contributed by atoms with E-state index in [1.807, 2.05) is 0 Å². The molecule has 1 atom stereocenters. The Hall–Kier alpha value is -4.55. The van der Waals surface area contributed by atoms with Gasteiger partial charge in [0.2, 0.25) is 0 Å². The maximum atomic E-state index is 14.5. The number of nitrogens with one attached hydrogen (secondary N) is 1. The van der Waals surface area contributed by atoms with Gasteiger partial charge in [0, 0.05) is 24.4 Å². The van der Waals surface area contributed by atoms with Gasteiger partial charge in [0.1, 0.15) is 11.5 Å². The van der Waals surface area contributed by atoms with Gasteiger partial charge in [-0.1, -0.05) is 5.21 Å². The Morgan fingerprint density at radius 3 is 2.53 bits per heavy atom. The number of rotatable bonds is 5. The van der Waals surface area contributed by atoms with Crippen LogP contribution in [0, 0.1) is 5.82 Å². The largest absolute Gasteiger partial charge is 0.416 e. The Morgan fingerprint density at radius 1 is 1.11 bits per heavy atom. The molecule has 36 heavy (non-hydrogen) atoms. The number of hydrogen-bond donors (Lipinski definition) is 2. The summed E-state index contributed by atoms with van der Waals surface area (Å²) in [7, 11) is 1.57. The molecule has 2 heterocycles. The molecule has 13 heteroatoms. The molecule has 0 saturated carbocycles. The number of anilines is 1. The van der Waals surface area contributed by atoms with Crippen LogP contribution in [0.4, 0.5) is 23.2 Å². The number of carbonyl (C=O) groups is 1. The highest BCUT2D eigenvalue weighted by Crippen LogP contribution is 2.32. The molecule has 0 spiro atoms. The first kappa shape index (κ1) is 24.6. The second-order valence-corrected chi connectivity index (χ2v) is 7.96. The van der Waals surface area contributed by atoms with Crippen LogP contribution in [0.2, 0.25) is 0 Å². The van der Waals surface area contributed by atoms with Crippen molar-refractivity contribution in [1.29, 1.82) is 0 Å². The predicted molar refractivity (Wildman–Crippen MR) is 122 cm³/mol. The van der Waals surface area contributed by atoms with Gasteiger partial charge >= 0.3 is 6.18 Å². The standard InChI is InChI=1S/C23H19F4N7O2/c1-12(13-7-14(23(25,26)27)9-15(28)8-13)30-22(36)19-5-6-21(35)34(31-19)16-3-4-18(24)17(10-16)20-11-29-32-33(20)2/h3-12H,28H2,1-2H3,(H,30,36)/t12-/m1/s1. The number of carbonyl (C=O) groups excluding carboxylic acids is 1. The molecule has 0 unspecified atom stereocenters. The summed E-state index contributed by atoms with van der Waals surface area (Å²) >= 11 is 0. The quantitative estimate of drug-likeness (QED) is 0.320. The molecule has 0 aliphatic carbocycles. The molecule has 186 valence electrons. The topological polar surface area (TPSA) is 121 Å². The van der Waals surface area contributed by atoms with Gasteiger partial charge in [0.25, 0.3) is 11.5 Å². The summed E-state index contributed by atoms with van der Waals surface area (Å²) in [6, 6.07) is 8.24. The fourth-order valence-electron chi connectivity index (χ4n) is 3.54. The lowest BCUT2D eigenvalue weighted by molar-refractivity contribution is -0.137. The Balaban J connectivity index is 1.64. The number of aryl methyl sites for hydroxylation is 1.